The molecule has 0 amide bonds. The Morgan fingerprint density at radius 1 is 1.57 bits per heavy atom. The highest BCUT2D eigenvalue weighted by atomic mass is 32.1. The van der Waals surface area contributed by atoms with Crippen molar-refractivity contribution in [3.63, 3.8) is 0 Å². The zero-order valence-corrected chi connectivity index (χ0v) is 8.28. The Morgan fingerprint density at radius 3 is 3.21 bits per heavy atom. The Bertz CT molecular complexity index is 407. The molecule has 0 aliphatic heterocycles. The number of thiazole rings is 1. The van der Waals surface area contributed by atoms with E-state index < -0.39 is 0 Å². The SMILES string of the molecule is O=Cc1cncn1CCc1cscn1. The van der Waals surface area contributed by atoms with Gasteiger partial charge in [-0.25, -0.2) is 9.97 Å². The van der Waals surface area contributed by atoms with Crippen molar-refractivity contribution < 1.29 is 4.79 Å². The van der Waals surface area contributed by atoms with Gasteiger partial charge in [0, 0.05) is 18.3 Å². The lowest BCUT2D eigenvalue weighted by Gasteiger charge is -2.01. The van der Waals surface area contributed by atoms with E-state index in [1.807, 2.05) is 15.5 Å². The van der Waals surface area contributed by atoms with Crippen molar-refractivity contribution in [2.75, 3.05) is 0 Å². The third kappa shape index (κ3) is 1.88. The van der Waals surface area contributed by atoms with Crippen LogP contribution in [0, 0.1) is 0 Å². The molecule has 72 valence electrons. The molecule has 0 fully saturated rings. The second-order valence-corrected chi connectivity index (χ2v) is 3.58. The topological polar surface area (TPSA) is 47.8 Å². The predicted octanol–water partition coefficient (Wildman–Crippen LogP) is 1.39. The molecule has 14 heavy (non-hydrogen) atoms. The van der Waals surface area contributed by atoms with Gasteiger partial charge in [-0.1, -0.05) is 0 Å². The first kappa shape index (κ1) is 9.08. The minimum atomic E-state index is 0.611. The van der Waals surface area contributed by atoms with E-state index in [1.54, 1.807) is 23.9 Å². The quantitative estimate of drug-likeness (QED) is 0.712. The summed E-state index contributed by atoms with van der Waals surface area (Å²) in [5.41, 5.74) is 3.48. The van der Waals surface area contributed by atoms with E-state index in [-0.39, 0.29) is 0 Å². The minimum Gasteiger partial charge on any atom is -0.328 e. The highest BCUT2D eigenvalue weighted by Gasteiger charge is 2.01. The van der Waals surface area contributed by atoms with Crippen molar-refractivity contribution in [2.45, 2.75) is 13.0 Å². The van der Waals surface area contributed by atoms with Gasteiger partial charge in [-0.3, -0.25) is 4.79 Å². The molecule has 0 radical (unpaired) electrons. The van der Waals surface area contributed by atoms with Crippen LogP contribution >= 0.6 is 11.3 Å². The molecule has 2 rings (SSSR count). The maximum absolute atomic E-state index is 10.6. The molecule has 2 heterocycles. The van der Waals surface area contributed by atoms with Crippen LogP contribution in [0.1, 0.15) is 16.2 Å². The predicted molar refractivity (Wildman–Crippen MR) is 53.4 cm³/mol. The van der Waals surface area contributed by atoms with Crippen LogP contribution < -0.4 is 0 Å². The molecule has 5 heteroatoms. The van der Waals surface area contributed by atoms with Gasteiger partial charge in [0.05, 0.1) is 23.7 Å². The zero-order chi connectivity index (χ0) is 9.80. The Hall–Kier alpha value is -1.49. The molecule has 0 unspecified atom stereocenters. The highest BCUT2D eigenvalue weighted by molar-refractivity contribution is 7.07. The van der Waals surface area contributed by atoms with Crippen LogP contribution in [0.25, 0.3) is 0 Å². The maximum atomic E-state index is 10.6. The van der Waals surface area contributed by atoms with E-state index in [4.69, 9.17) is 0 Å². The summed E-state index contributed by atoms with van der Waals surface area (Å²) >= 11 is 1.58. The van der Waals surface area contributed by atoms with Crippen LogP contribution in [0.3, 0.4) is 0 Å². The maximum Gasteiger partial charge on any atom is 0.168 e. The molecule has 4 nitrogen and oxygen atoms in total. The van der Waals surface area contributed by atoms with Crippen molar-refractivity contribution in [1.29, 1.82) is 0 Å². The number of carbonyl (C=O) groups is 1. The summed E-state index contributed by atoms with van der Waals surface area (Å²) in [4.78, 5) is 18.6. The Labute approximate surface area is 85.2 Å². The van der Waals surface area contributed by atoms with E-state index >= 15 is 0 Å². The van der Waals surface area contributed by atoms with Gasteiger partial charge in [0.2, 0.25) is 0 Å². The molecule has 0 saturated carbocycles. The molecule has 0 aliphatic carbocycles. The smallest absolute Gasteiger partial charge is 0.168 e. The number of rotatable bonds is 4. The Balaban J connectivity index is 2.01. The van der Waals surface area contributed by atoms with E-state index in [9.17, 15) is 4.79 Å². The molecule has 0 N–H and O–H groups in total. The van der Waals surface area contributed by atoms with Crippen molar-refractivity contribution >= 4 is 17.6 Å². The standard InChI is InChI=1S/C9H9N3OS/c13-4-9-3-10-6-12(9)2-1-8-5-14-7-11-8/h3-7H,1-2H2. The lowest BCUT2D eigenvalue weighted by molar-refractivity contribution is 0.111. The van der Waals surface area contributed by atoms with Gasteiger partial charge in [0.1, 0.15) is 5.69 Å². The Morgan fingerprint density at radius 2 is 2.50 bits per heavy atom. The number of aromatic nitrogens is 3. The van der Waals surface area contributed by atoms with Gasteiger partial charge in [-0.2, -0.15) is 0 Å². The second kappa shape index (κ2) is 4.15. The van der Waals surface area contributed by atoms with Crippen molar-refractivity contribution in [3.05, 3.63) is 34.8 Å². The summed E-state index contributed by atoms with van der Waals surface area (Å²) in [6.45, 7) is 0.748. The van der Waals surface area contributed by atoms with Crippen LogP contribution in [0.15, 0.2) is 23.4 Å². The first-order valence-corrected chi connectivity index (χ1v) is 5.17. The van der Waals surface area contributed by atoms with Crippen LogP contribution in [0.5, 0.6) is 0 Å². The first-order chi connectivity index (χ1) is 6.90. The Kier molecular flexibility index (Phi) is 2.69. The monoisotopic (exact) mass is 207 g/mol. The highest BCUT2D eigenvalue weighted by Crippen LogP contribution is 2.04. The van der Waals surface area contributed by atoms with Crippen molar-refractivity contribution in [2.24, 2.45) is 0 Å². The van der Waals surface area contributed by atoms with Crippen LogP contribution in [0.2, 0.25) is 0 Å². The van der Waals surface area contributed by atoms with E-state index in [1.165, 1.54) is 0 Å². The van der Waals surface area contributed by atoms with Gasteiger partial charge in [-0.15, -0.1) is 11.3 Å². The molecular weight excluding hydrogens is 198 g/mol. The van der Waals surface area contributed by atoms with Gasteiger partial charge >= 0.3 is 0 Å². The number of carbonyl (C=O) groups excluding carboxylic acids is 1. The fraction of sp³-hybridized carbons (Fsp3) is 0.222. The molecule has 2 aromatic rings. The van der Waals surface area contributed by atoms with E-state index in [0.29, 0.717) is 5.69 Å². The summed E-state index contributed by atoms with van der Waals surface area (Å²) in [5, 5.41) is 2.01. The molecule has 0 spiro atoms. The molecule has 2 aromatic heterocycles. The normalized spacial score (nSPS) is 10.3. The van der Waals surface area contributed by atoms with Crippen molar-refractivity contribution in [1.82, 2.24) is 14.5 Å². The summed E-state index contributed by atoms with van der Waals surface area (Å²) < 4.78 is 1.83. The second-order valence-electron chi connectivity index (χ2n) is 2.86. The average molecular weight is 207 g/mol. The number of aryl methyl sites for hydroxylation is 2. The van der Waals surface area contributed by atoms with E-state index in [2.05, 4.69) is 9.97 Å². The van der Waals surface area contributed by atoms with E-state index in [0.717, 1.165) is 24.9 Å². The molecule has 0 atom stereocenters. The lowest BCUT2D eigenvalue weighted by Crippen LogP contribution is -2.03. The third-order valence-electron chi connectivity index (χ3n) is 1.96. The summed E-state index contributed by atoms with van der Waals surface area (Å²) in [6, 6.07) is 0. The van der Waals surface area contributed by atoms with Gasteiger partial charge in [0.15, 0.2) is 6.29 Å². The van der Waals surface area contributed by atoms with Crippen molar-refractivity contribution in [3.8, 4) is 0 Å². The minimum absolute atomic E-state index is 0.611. The molecular formula is C9H9N3OS. The largest absolute Gasteiger partial charge is 0.328 e. The average Bonchev–Trinajstić information content (AvgIpc) is 2.85. The first-order valence-electron chi connectivity index (χ1n) is 4.22. The summed E-state index contributed by atoms with van der Waals surface area (Å²) in [5.74, 6) is 0. The number of nitrogens with zero attached hydrogens (tertiary/aromatic N) is 3. The van der Waals surface area contributed by atoms with Gasteiger partial charge < -0.3 is 4.57 Å². The van der Waals surface area contributed by atoms with Crippen LogP contribution in [-0.4, -0.2) is 20.8 Å². The molecule has 0 aromatic carbocycles. The number of imidazole rings is 1. The summed E-state index contributed by atoms with van der Waals surface area (Å²) in [7, 11) is 0. The third-order valence-corrected chi connectivity index (χ3v) is 2.59. The lowest BCUT2D eigenvalue weighted by atomic mass is 10.3. The number of aldehydes is 1. The van der Waals surface area contributed by atoms with Crippen LogP contribution in [0.4, 0.5) is 0 Å². The fourth-order valence-electron chi connectivity index (χ4n) is 1.21. The molecule has 0 saturated heterocycles. The van der Waals surface area contributed by atoms with Gasteiger partial charge in [0.25, 0.3) is 0 Å². The number of hydrogen-bond acceptors (Lipinski definition) is 4. The molecule has 0 bridgehead atoms. The number of hydrogen-bond donors (Lipinski definition) is 0. The van der Waals surface area contributed by atoms with Crippen LogP contribution in [-0.2, 0) is 13.0 Å². The van der Waals surface area contributed by atoms with Gasteiger partial charge in [-0.05, 0) is 0 Å². The molecule has 0 aliphatic rings. The fourth-order valence-corrected chi connectivity index (χ4v) is 1.80. The summed E-state index contributed by atoms with van der Waals surface area (Å²) in [6.07, 6.45) is 4.87. The zero-order valence-electron chi connectivity index (χ0n) is 7.46.